The SMILES string of the molecule is CNC(=O)c1cc(NCc2cncs2)ccc1Cl. The molecule has 18 heavy (non-hydrogen) atoms. The van der Waals surface area contributed by atoms with Gasteiger partial charge in [-0.2, -0.15) is 0 Å². The van der Waals surface area contributed by atoms with Crippen molar-refractivity contribution in [2.24, 2.45) is 0 Å². The second-order valence-corrected chi connectivity index (χ2v) is 4.97. The van der Waals surface area contributed by atoms with E-state index in [4.69, 9.17) is 11.6 Å². The van der Waals surface area contributed by atoms with Gasteiger partial charge in [0.2, 0.25) is 0 Å². The van der Waals surface area contributed by atoms with Gasteiger partial charge in [-0.1, -0.05) is 11.6 Å². The Bertz CT molecular complexity index is 542. The minimum absolute atomic E-state index is 0.193. The molecule has 0 atom stereocenters. The van der Waals surface area contributed by atoms with Crippen molar-refractivity contribution in [1.82, 2.24) is 10.3 Å². The molecule has 1 amide bonds. The van der Waals surface area contributed by atoms with E-state index in [1.807, 2.05) is 12.3 Å². The third kappa shape index (κ3) is 3.00. The average molecular weight is 282 g/mol. The second kappa shape index (κ2) is 5.84. The Morgan fingerprint density at radius 3 is 3.00 bits per heavy atom. The third-order valence-electron chi connectivity index (χ3n) is 2.39. The second-order valence-electron chi connectivity index (χ2n) is 3.60. The number of nitrogens with one attached hydrogen (secondary N) is 2. The number of hydrogen-bond acceptors (Lipinski definition) is 4. The van der Waals surface area contributed by atoms with E-state index < -0.39 is 0 Å². The molecule has 6 heteroatoms. The van der Waals surface area contributed by atoms with Gasteiger partial charge in [0.15, 0.2) is 0 Å². The lowest BCUT2D eigenvalue weighted by atomic mass is 10.2. The predicted molar refractivity (Wildman–Crippen MR) is 74.3 cm³/mol. The summed E-state index contributed by atoms with van der Waals surface area (Å²) in [4.78, 5) is 16.7. The number of anilines is 1. The fourth-order valence-electron chi connectivity index (χ4n) is 1.46. The molecule has 0 unspecified atom stereocenters. The predicted octanol–water partition coefficient (Wildman–Crippen LogP) is 2.77. The number of aromatic nitrogens is 1. The van der Waals surface area contributed by atoms with Crippen molar-refractivity contribution in [3.63, 3.8) is 0 Å². The summed E-state index contributed by atoms with van der Waals surface area (Å²) in [6.45, 7) is 0.680. The number of rotatable bonds is 4. The molecule has 1 aromatic carbocycles. The highest BCUT2D eigenvalue weighted by molar-refractivity contribution is 7.09. The van der Waals surface area contributed by atoms with E-state index in [0.29, 0.717) is 17.1 Å². The molecule has 0 spiro atoms. The molecule has 0 radical (unpaired) electrons. The molecule has 1 heterocycles. The molecule has 94 valence electrons. The van der Waals surface area contributed by atoms with E-state index in [0.717, 1.165) is 10.6 Å². The molecule has 0 aliphatic rings. The number of nitrogens with zero attached hydrogens (tertiary/aromatic N) is 1. The fraction of sp³-hybridized carbons (Fsp3) is 0.167. The van der Waals surface area contributed by atoms with Gasteiger partial charge in [0.05, 0.1) is 22.6 Å². The van der Waals surface area contributed by atoms with Gasteiger partial charge in [-0.05, 0) is 18.2 Å². The standard InChI is InChI=1S/C12H12ClN3OS/c1-14-12(17)10-4-8(2-3-11(10)13)16-6-9-5-15-7-18-9/h2-5,7,16H,6H2,1H3,(H,14,17). The molecular weight excluding hydrogens is 270 g/mol. The maximum Gasteiger partial charge on any atom is 0.252 e. The van der Waals surface area contributed by atoms with Crippen LogP contribution < -0.4 is 10.6 Å². The largest absolute Gasteiger partial charge is 0.380 e. The molecule has 0 aliphatic carbocycles. The Balaban J connectivity index is 2.12. The van der Waals surface area contributed by atoms with Gasteiger partial charge in [-0.25, -0.2) is 0 Å². The first-order chi connectivity index (χ1) is 8.70. The van der Waals surface area contributed by atoms with Crippen LogP contribution in [0.3, 0.4) is 0 Å². The quantitative estimate of drug-likeness (QED) is 0.906. The zero-order chi connectivity index (χ0) is 13.0. The summed E-state index contributed by atoms with van der Waals surface area (Å²) < 4.78 is 0. The van der Waals surface area contributed by atoms with Gasteiger partial charge in [0, 0.05) is 23.8 Å². The van der Waals surface area contributed by atoms with E-state index in [-0.39, 0.29) is 5.91 Å². The summed E-state index contributed by atoms with van der Waals surface area (Å²) in [5.74, 6) is -0.193. The molecule has 1 aromatic heterocycles. The summed E-state index contributed by atoms with van der Waals surface area (Å²) in [7, 11) is 1.58. The Labute approximate surface area is 114 Å². The van der Waals surface area contributed by atoms with Crippen molar-refractivity contribution in [1.29, 1.82) is 0 Å². The van der Waals surface area contributed by atoms with Gasteiger partial charge < -0.3 is 10.6 Å². The first-order valence-corrected chi connectivity index (χ1v) is 6.59. The smallest absolute Gasteiger partial charge is 0.252 e. The summed E-state index contributed by atoms with van der Waals surface area (Å²) in [5, 5.41) is 6.23. The Morgan fingerprint density at radius 2 is 2.33 bits per heavy atom. The minimum atomic E-state index is -0.193. The van der Waals surface area contributed by atoms with Crippen molar-refractivity contribution >= 4 is 34.5 Å². The van der Waals surface area contributed by atoms with E-state index in [2.05, 4.69) is 15.6 Å². The lowest BCUT2D eigenvalue weighted by molar-refractivity contribution is 0.0963. The topological polar surface area (TPSA) is 54.0 Å². The van der Waals surface area contributed by atoms with Crippen LogP contribution in [-0.4, -0.2) is 17.9 Å². The van der Waals surface area contributed by atoms with Crippen molar-refractivity contribution < 1.29 is 4.79 Å². The summed E-state index contributed by atoms with van der Waals surface area (Å²) in [5.41, 5.74) is 3.11. The minimum Gasteiger partial charge on any atom is -0.380 e. The molecule has 4 nitrogen and oxygen atoms in total. The average Bonchev–Trinajstić information content (AvgIpc) is 2.90. The van der Waals surface area contributed by atoms with Gasteiger partial charge in [-0.3, -0.25) is 9.78 Å². The molecule has 2 rings (SSSR count). The molecule has 0 aliphatic heterocycles. The summed E-state index contributed by atoms with van der Waals surface area (Å²) in [6.07, 6.45) is 1.81. The number of amides is 1. The van der Waals surface area contributed by atoms with Crippen LogP contribution in [0, 0.1) is 0 Å². The Hall–Kier alpha value is -1.59. The Morgan fingerprint density at radius 1 is 1.50 bits per heavy atom. The molecule has 2 aromatic rings. The first kappa shape index (κ1) is 12.9. The highest BCUT2D eigenvalue weighted by Gasteiger charge is 2.09. The third-order valence-corrected chi connectivity index (χ3v) is 3.50. The van der Waals surface area contributed by atoms with Crippen LogP contribution in [0.15, 0.2) is 29.9 Å². The van der Waals surface area contributed by atoms with Crippen molar-refractivity contribution in [3.8, 4) is 0 Å². The van der Waals surface area contributed by atoms with Gasteiger partial charge in [0.25, 0.3) is 5.91 Å². The van der Waals surface area contributed by atoms with Crippen LogP contribution in [0.2, 0.25) is 5.02 Å². The number of benzene rings is 1. The number of thiazole rings is 1. The van der Waals surface area contributed by atoms with Gasteiger partial charge in [-0.15, -0.1) is 11.3 Å². The molecule has 0 saturated carbocycles. The van der Waals surface area contributed by atoms with Crippen LogP contribution in [0.1, 0.15) is 15.2 Å². The van der Waals surface area contributed by atoms with Gasteiger partial charge in [0.1, 0.15) is 0 Å². The monoisotopic (exact) mass is 281 g/mol. The summed E-state index contributed by atoms with van der Waals surface area (Å²) in [6, 6.07) is 5.29. The van der Waals surface area contributed by atoms with E-state index in [9.17, 15) is 4.79 Å². The number of carbonyl (C=O) groups is 1. The maximum absolute atomic E-state index is 11.6. The molecular formula is C12H12ClN3OS. The van der Waals surface area contributed by atoms with Crippen molar-refractivity contribution in [2.75, 3.05) is 12.4 Å². The van der Waals surface area contributed by atoms with E-state index >= 15 is 0 Å². The summed E-state index contributed by atoms with van der Waals surface area (Å²) >= 11 is 7.55. The number of carbonyl (C=O) groups excluding carboxylic acids is 1. The molecule has 0 fully saturated rings. The highest BCUT2D eigenvalue weighted by atomic mass is 35.5. The van der Waals surface area contributed by atoms with Crippen LogP contribution >= 0.6 is 22.9 Å². The highest BCUT2D eigenvalue weighted by Crippen LogP contribution is 2.21. The van der Waals surface area contributed by atoms with Gasteiger partial charge >= 0.3 is 0 Å². The zero-order valence-corrected chi connectivity index (χ0v) is 11.3. The fourth-order valence-corrected chi connectivity index (χ4v) is 2.20. The normalized spacial score (nSPS) is 10.1. The van der Waals surface area contributed by atoms with E-state index in [1.165, 1.54) is 0 Å². The molecule has 0 bridgehead atoms. The van der Waals surface area contributed by atoms with Crippen LogP contribution in [0.25, 0.3) is 0 Å². The lowest BCUT2D eigenvalue weighted by Gasteiger charge is -2.08. The zero-order valence-electron chi connectivity index (χ0n) is 9.74. The van der Waals surface area contributed by atoms with E-state index in [1.54, 1.807) is 36.0 Å². The van der Waals surface area contributed by atoms with Crippen molar-refractivity contribution in [2.45, 2.75) is 6.54 Å². The number of halogens is 1. The lowest BCUT2D eigenvalue weighted by Crippen LogP contribution is -2.18. The maximum atomic E-state index is 11.6. The first-order valence-electron chi connectivity index (χ1n) is 5.33. The van der Waals surface area contributed by atoms with Crippen LogP contribution in [0.5, 0.6) is 0 Å². The Kier molecular flexibility index (Phi) is 4.17. The van der Waals surface area contributed by atoms with Crippen LogP contribution in [0.4, 0.5) is 5.69 Å². The van der Waals surface area contributed by atoms with Crippen molar-refractivity contribution in [3.05, 3.63) is 45.4 Å². The molecule has 2 N–H and O–H groups in total. The number of hydrogen-bond donors (Lipinski definition) is 2. The molecule has 0 saturated heterocycles. The van der Waals surface area contributed by atoms with Crippen LogP contribution in [-0.2, 0) is 6.54 Å².